The van der Waals surface area contributed by atoms with Gasteiger partial charge in [-0.3, -0.25) is 4.79 Å². The molecule has 0 saturated heterocycles. The molecule has 1 unspecified atom stereocenters. The number of aliphatic carboxylic acids is 1. The number of hydrogen-bond donors (Lipinski definition) is 4. The zero-order chi connectivity index (χ0) is 23.3. The van der Waals surface area contributed by atoms with Gasteiger partial charge in [-0.1, -0.05) is 62.4 Å². The first-order valence-electron chi connectivity index (χ1n) is 10.6. The van der Waals surface area contributed by atoms with Crippen molar-refractivity contribution in [3.63, 3.8) is 0 Å². The van der Waals surface area contributed by atoms with Crippen molar-refractivity contribution in [1.82, 2.24) is 10.6 Å². The molecule has 2 amide bonds. The minimum atomic E-state index is -1.67. The van der Waals surface area contributed by atoms with Crippen molar-refractivity contribution in [3.05, 3.63) is 59.7 Å². The fourth-order valence-corrected chi connectivity index (χ4v) is 3.81. The summed E-state index contributed by atoms with van der Waals surface area (Å²) in [7, 11) is 0. The van der Waals surface area contributed by atoms with Gasteiger partial charge < -0.3 is 25.6 Å². The molecule has 4 N–H and O–H groups in total. The number of aliphatic hydroxyl groups excluding tert-OH is 1. The quantitative estimate of drug-likeness (QED) is 0.475. The van der Waals surface area contributed by atoms with Crippen LogP contribution in [-0.2, 0) is 14.3 Å². The number of aliphatic hydroxyl groups is 1. The summed E-state index contributed by atoms with van der Waals surface area (Å²) in [6.07, 6.45) is -2.36. The molecule has 0 bridgehead atoms. The van der Waals surface area contributed by atoms with Crippen molar-refractivity contribution in [2.45, 2.75) is 38.3 Å². The van der Waals surface area contributed by atoms with Gasteiger partial charge in [0.05, 0.1) is 6.54 Å². The number of carbonyl (C=O) groups is 3. The van der Waals surface area contributed by atoms with Gasteiger partial charge in [-0.2, -0.15) is 0 Å². The number of hydrogen-bond acceptors (Lipinski definition) is 5. The number of rotatable bonds is 9. The van der Waals surface area contributed by atoms with Crippen molar-refractivity contribution in [2.24, 2.45) is 5.92 Å². The summed E-state index contributed by atoms with van der Waals surface area (Å²) in [5.41, 5.74) is 4.49. The number of nitrogens with one attached hydrogen (secondary N) is 2. The van der Waals surface area contributed by atoms with Crippen LogP contribution in [0.1, 0.15) is 37.3 Å². The number of benzene rings is 2. The molecule has 32 heavy (non-hydrogen) atoms. The topological polar surface area (TPSA) is 125 Å². The maximum absolute atomic E-state index is 12.5. The van der Waals surface area contributed by atoms with Gasteiger partial charge in [0.2, 0.25) is 5.91 Å². The number of amides is 2. The van der Waals surface area contributed by atoms with E-state index >= 15 is 0 Å². The molecule has 0 aliphatic heterocycles. The molecule has 8 nitrogen and oxygen atoms in total. The van der Waals surface area contributed by atoms with Gasteiger partial charge in [0.1, 0.15) is 6.61 Å². The lowest BCUT2D eigenvalue weighted by atomic mass is 9.98. The van der Waals surface area contributed by atoms with Crippen LogP contribution in [-0.4, -0.2) is 53.5 Å². The molecule has 170 valence electrons. The maximum atomic E-state index is 12.5. The number of carboxylic acid groups (broad SMARTS) is 1. The van der Waals surface area contributed by atoms with Gasteiger partial charge in [-0.05, 0) is 28.2 Å². The average molecular weight is 440 g/mol. The van der Waals surface area contributed by atoms with E-state index in [0.717, 1.165) is 22.3 Å². The van der Waals surface area contributed by atoms with Crippen molar-refractivity contribution >= 4 is 18.0 Å². The van der Waals surface area contributed by atoms with Crippen LogP contribution in [0.25, 0.3) is 11.1 Å². The molecule has 1 aliphatic rings. The lowest BCUT2D eigenvalue weighted by Gasteiger charge is -2.22. The molecule has 0 aromatic heterocycles. The average Bonchev–Trinajstić information content (AvgIpc) is 3.09. The predicted molar refractivity (Wildman–Crippen MR) is 118 cm³/mol. The van der Waals surface area contributed by atoms with Gasteiger partial charge >= 0.3 is 12.1 Å². The van der Waals surface area contributed by atoms with Gasteiger partial charge in [-0.15, -0.1) is 0 Å². The van der Waals surface area contributed by atoms with E-state index in [1.165, 1.54) is 0 Å². The van der Waals surface area contributed by atoms with Gasteiger partial charge in [0.15, 0.2) is 6.10 Å². The molecule has 0 saturated carbocycles. The van der Waals surface area contributed by atoms with E-state index in [-0.39, 0.29) is 24.9 Å². The number of carbonyl (C=O) groups excluding carboxylic acids is 2. The molecule has 1 aliphatic carbocycles. The van der Waals surface area contributed by atoms with Crippen LogP contribution < -0.4 is 10.6 Å². The van der Waals surface area contributed by atoms with Crippen LogP contribution in [0.4, 0.5) is 4.79 Å². The Morgan fingerprint density at radius 3 is 2.09 bits per heavy atom. The molecule has 2 aromatic carbocycles. The highest BCUT2D eigenvalue weighted by Gasteiger charge is 2.29. The molecular formula is C24H28N2O6. The summed E-state index contributed by atoms with van der Waals surface area (Å²) in [6.45, 7) is 3.48. The molecule has 3 rings (SSSR count). The van der Waals surface area contributed by atoms with E-state index < -0.39 is 36.7 Å². The van der Waals surface area contributed by atoms with Crippen molar-refractivity contribution in [3.8, 4) is 11.1 Å². The molecule has 8 heteroatoms. The predicted octanol–water partition coefficient (Wildman–Crippen LogP) is 2.50. The minimum absolute atomic E-state index is 0.0613. The van der Waals surface area contributed by atoms with Crippen LogP contribution >= 0.6 is 0 Å². The monoisotopic (exact) mass is 440 g/mol. The Hall–Kier alpha value is -3.39. The lowest BCUT2D eigenvalue weighted by Crippen LogP contribution is -2.44. The van der Waals surface area contributed by atoms with E-state index in [9.17, 15) is 19.5 Å². The minimum Gasteiger partial charge on any atom is -0.479 e. The third-order valence-electron chi connectivity index (χ3n) is 5.63. The molecule has 0 fully saturated rings. The number of fused-ring (bicyclic) bond motifs is 3. The standard InChI is InChI=1S/C24H28N2O6/c1-14(2)20(11-22(28)25-12-21(27)23(29)30)26-24(31)32-13-19-17-9-5-3-7-15(17)16-8-4-6-10-18(16)19/h3-10,14,19-21,27H,11-13H2,1-2H3,(H,25,28)(H,26,31)(H,29,30)/t20-,21?/m0/s1. The Labute approximate surface area is 186 Å². The molecule has 2 atom stereocenters. The third kappa shape index (κ3) is 5.45. The van der Waals surface area contributed by atoms with Crippen LogP contribution in [0.2, 0.25) is 0 Å². The van der Waals surface area contributed by atoms with Crippen molar-refractivity contribution < 1.29 is 29.3 Å². The fraction of sp³-hybridized carbons (Fsp3) is 0.375. The molecule has 0 radical (unpaired) electrons. The van der Waals surface area contributed by atoms with E-state index in [4.69, 9.17) is 9.84 Å². The molecule has 2 aromatic rings. The summed E-state index contributed by atoms with van der Waals surface area (Å²) in [5.74, 6) is -2.01. The number of alkyl carbamates (subject to hydrolysis) is 1. The van der Waals surface area contributed by atoms with Crippen LogP contribution in [0.5, 0.6) is 0 Å². The van der Waals surface area contributed by atoms with E-state index in [0.29, 0.717) is 0 Å². The van der Waals surface area contributed by atoms with Crippen molar-refractivity contribution in [2.75, 3.05) is 13.2 Å². The lowest BCUT2D eigenvalue weighted by molar-refractivity contribution is -0.146. The molecule has 0 spiro atoms. The van der Waals surface area contributed by atoms with E-state index in [1.54, 1.807) is 0 Å². The second kappa shape index (κ2) is 10.3. The summed E-state index contributed by atoms with van der Waals surface area (Å²) in [5, 5.41) is 23.0. The summed E-state index contributed by atoms with van der Waals surface area (Å²) < 4.78 is 5.53. The Kier molecular flexibility index (Phi) is 7.48. The first-order chi connectivity index (χ1) is 15.3. The maximum Gasteiger partial charge on any atom is 0.407 e. The highest BCUT2D eigenvalue weighted by Crippen LogP contribution is 2.44. The normalized spacial score (nSPS) is 14.2. The Bertz CT molecular complexity index is 944. The van der Waals surface area contributed by atoms with E-state index in [2.05, 4.69) is 22.8 Å². The Morgan fingerprint density at radius 1 is 1.00 bits per heavy atom. The molecular weight excluding hydrogens is 412 g/mol. The van der Waals surface area contributed by atoms with Gasteiger partial charge in [0.25, 0.3) is 0 Å². The summed E-state index contributed by atoms with van der Waals surface area (Å²) >= 11 is 0. The van der Waals surface area contributed by atoms with Crippen LogP contribution in [0.15, 0.2) is 48.5 Å². The summed E-state index contributed by atoms with van der Waals surface area (Å²) in [6, 6.07) is 15.6. The smallest absolute Gasteiger partial charge is 0.407 e. The largest absolute Gasteiger partial charge is 0.479 e. The zero-order valence-corrected chi connectivity index (χ0v) is 18.1. The zero-order valence-electron chi connectivity index (χ0n) is 18.1. The van der Waals surface area contributed by atoms with E-state index in [1.807, 2.05) is 50.2 Å². The SMILES string of the molecule is CC(C)[C@H](CC(=O)NCC(O)C(=O)O)NC(=O)OCC1c2ccccc2-c2ccccc21. The molecule has 0 heterocycles. The highest BCUT2D eigenvalue weighted by molar-refractivity contribution is 5.80. The van der Waals surface area contributed by atoms with Crippen molar-refractivity contribution in [1.29, 1.82) is 0 Å². The second-order valence-corrected chi connectivity index (χ2v) is 8.18. The third-order valence-corrected chi connectivity index (χ3v) is 5.63. The van der Waals surface area contributed by atoms with Gasteiger partial charge in [-0.25, -0.2) is 9.59 Å². The number of carboxylic acids is 1. The Morgan fingerprint density at radius 2 is 1.56 bits per heavy atom. The van der Waals surface area contributed by atoms with Crippen LogP contribution in [0.3, 0.4) is 0 Å². The Balaban J connectivity index is 1.57. The number of ether oxygens (including phenoxy) is 1. The van der Waals surface area contributed by atoms with Gasteiger partial charge in [0, 0.05) is 18.4 Å². The van der Waals surface area contributed by atoms with Crippen LogP contribution in [0, 0.1) is 5.92 Å². The summed E-state index contributed by atoms with van der Waals surface area (Å²) in [4.78, 5) is 35.2. The fourth-order valence-electron chi connectivity index (χ4n) is 3.81. The highest BCUT2D eigenvalue weighted by atomic mass is 16.5. The first-order valence-corrected chi connectivity index (χ1v) is 10.6. The second-order valence-electron chi connectivity index (χ2n) is 8.18. The first kappa shape index (κ1) is 23.3.